The molecule has 0 atom stereocenters. The number of aromatic nitrogens is 1. The van der Waals surface area contributed by atoms with Gasteiger partial charge in [-0.05, 0) is 37.4 Å². The van der Waals surface area contributed by atoms with Gasteiger partial charge < -0.3 is 10.2 Å². The number of pyridine rings is 1. The molecule has 0 spiro atoms. The van der Waals surface area contributed by atoms with Crippen LogP contribution in [0.1, 0.15) is 16.7 Å². The van der Waals surface area contributed by atoms with Crippen molar-refractivity contribution in [3.8, 4) is 6.07 Å². The van der Waals surface area contributed by atoms with Gasteiger partial charge in [-0.15, -0.1) is 0 Å². The van der Waals surface area contributed by atoms with Gasteiger partial charge in [0.05, 0.1) is 5.56 Å². The fraction of sp³-hybridized carbons (Fsp3) is 0.250. The minimum absolute atomic E-state index is 0.567. The molecule has 102 valence electrons. The average Bonchev–Trinajstić information content (AvgIpc) is 2.45. The second-order valence-corrected chi connectivity index (χ2v) is 4.92. The Labute approximate surface area is 119 Å². The van der Waals surface area contributed by atoms with E-state index in [-0.39, 0.29) is 0 Å². The van der Waals surface area contributed by atoms with Crippen molar-refractivity contribution in [3.05, 3.63) is 59.3 Å². The Kier molecular flexibility index (Phi) is 4.70. The second kappa shape index (κ2) is 6.69. The molecule has 1 aromatic heterocycles. The van der Waals surface area contributed by atoms with Crippen molar-refractivity contribution in [1.29, 1.82) is 5.26 Å². The molecule has 0 saturated heterocycles. The Hall–Kier alpha value is -2.38. The van der Waals surface area contributed by atoms with Crippen LogP contribution in [0.5, 0.6) is 0 Å². The smallest absolute Gasteiger partial charge is 0.144 e. The first-order chi connectivity index (χ1) is 9.69. The van der Waals surface area contributed by atoms with Crippen LogP contribution in [0, 0.1) is 11.3 Å². The number of hydrogen-bond donors (Lipinski definition) is 1. The molecule has 2 rings (SSSR count). The lowest BCUT2D eigenvalue weighted by Crippen LogP contribution is -2.11. The van der Waals surface area contributed by atoms with Gasteiger partial charge in [0, 0.05) is 19.3 Å². The van der Waals surface area contributed by atoms with Crippen molar-refractivity contribution in [2.75, 3.05) is 19.4 Å². The summed E-state index contributed by atoms with van der Waals surface area (Å²) in [6.07, 6.45) is 1.69. The topological polar surface area (TPSA) is 52.0 Å². The third-order valence-electron chi connectivity index (χ3n) is 2.88. The van der Waals surface area contributed by atoms with E-state index in [0.717, 1.165) is 6.54 Å². The molecular weight excluding hydrogens is 248 g/mol. The zero-order valence-corrected chi connectivity index (χ0v) is 11.8. The molecule has 20 heavy (non-hydrogen) atoms. The van der Waals surface area contributed by atoms with Crippen LogP contribution in [0.4, 0.5) is 5.82 Å². The summed E-state index contributed by atoms with van der Waals surface area (Å²) in [7, 11) is 4.11. The minimum atomic E-state index is 0.567. The molecule has 4 nitrogen and oxygen atoms in total. The van der Waals surface area contributed by atoms with E-state index in [0.29, 0.717) is 17.9 Å². The first-order valence-corrected chi connectivity index (χ1v) is 6.50. The molecule has 0 saturated carbocycles. The summed E-state index contributed by atoms with van der Waals surface area (Å²) in [6.45, 7) is 1.58. The summed E-state index contributed by atoms with van der Waals surface area (Å²) < 4.78 is 0. The molecule has 2 aromatic rings. The minimum Gasteiger partial charge on any atom is -0.365 e. The average molecular weight is 266 g/mol. The maximum Gasteiger partial charge on any atom is 0.144 e. The summed E-state index contributed by atoms with van der Waals surface area (Å²) in [5, 5.41) is 12.2. The molecule has 0 bridgehead atoms. The first kappa shape index (κ1) is 14.0. The largest absolute Gasteiger partial charge is 0.365 e. The third kappa shape index (κ3) is 3.81. The number of anilines is 1. The van der Waals surface area contributed by atoms with E-state index >= 15 is 0 Å². The Bertz CT molecular complexity index is 614. The molecular formula is C16H18N4. The van der Waals surface area contributed by atoms with Crippen molar-refractivity contribution in [2.24, 2.45) is 0 Å². The Balaban J connectivity index is 2.06. The lowest BCUT2D eigenvalue weighted by atomic mass is 10.1. The highest BCUT2D eigenvalue weighted by Crippen LogP contribution is 2.13. The number of nitriles is 1. The van der Waals surface area contributed by atoms with Gasteiger partial charge in [-0.25, -0.2) is 4.98 Å². The van der Waals surface area contributed by atoms with Crippen molar-refractivity contribution in [3.63, 3.8) is 0 Å². The van der Waals surface area contributed by atoms with Gasteiger partial charge in [0.25, 0.3) is 0 Å². The van der Waals surface area contributed by atoms with Gasteiger partial charge in [0.2, 0.25) is 0 Å². The predicted octanol–water partition coefficient (Wildman–Crippen LogP) is 2.63. The van der Waals surface area contributed by atoms with Gasteiger partial charge in [-0.3, -0.25) is 0 Å². The van der Waals surface area contributed by atoms with Gasteiger partial charge >= 0.3 is 0 Å². The summed E-state index contributed by atoms with van der Waals surface area (Å²) in [6, 6.07) is 14.1. The van der Waals surface area contributed by atoms with Gasteiger partial charge in [-0.2, -0.15) is 5.26 Å². The number of nitrogens with one attached hydrogen (secondary N) is 1. The molecule has 0 aliphatic rings. The molecule has 0 amide bonds. The van der Waals surface area contributed by atoms with E-state index in [2.05, 4.69) is 59.6 Å². The summed E-state index contributed by atoms with van der Waals surface area (Å²) in [4.78, 5) is 6.33. The lowest BCUT2D eigenvalue weighted by Gasteiger charge is -2.11. The van der Waals surface area contributed by atoms with Crippen LogP contribution >= 0.6 is 0 Å². The summed E-state index contributed by atoms with van der Waals surface area (Å²) in [5.41, 5.74) is 3.02. The van der Waals surface area contributed by atoms with E-state index in [1.807, 2.05) is 0 Å². The molecule has 0 unspecified atom stereocenters. The standard InChI is InChI=1S/C16H18N4/c1-20(2)12-14-6-3-5-13(9-14)11-19-16-15(10-17)7-4-8-18-16/h3-9H,11-12H2,1-2H3,(H,18,19). The molecule has 1 N–H and O–H groups in total. The van der Waals surface area contributed by atoms with Crippen LogP contribution in [0.2, 0.25) is 0 Å². The quantitative estimate of drug-likeness (QED) is 0.904. The van der Waals surface area contributed by atoms with E-state index < -0.39 is 0 Å². The number of hydrogen-bond acceptors (Lipinski definition) is 4. The van der Waals surface area contributed by atoms with Gasteiger partial charge in [0.1, 0.15) is 11.9 Å². The third-order valence-corrected chi connectivity index (χ3v) is 2.88. The summed E-state index contributed by atoms with van der Waals surface area (Å²) in [5.74, 6) is 0.632. The van der Waals surface area contributed by atoms with Crippen LogP contribution in [0.25, 0.3) is 0 Å². The molecule has 0 aliphatic carbocycles. The maximum absolute atomic E-state index is 9.02. The summed E-state index contributed by atoms with van der Waals surface area (Å²) >= 11 is 0. The highest BCUT2D eigenvalue weighted by atomic mass is 15.0. The molecule has 0 aliphatic heterocycles. The van der Waals surface area contributed by atoms with Crippen LogP contribution in [0.15, 0.2) is 42.6 Å². The first-order valence-electron chi connectivity index (χ1n) is 6.50. The van der Waals surface area contributed by atoms with Crippen molar-refractivity contribution in [1.82, 2.24) is 9.88 Å². The number of nitrogens with zero attached hydrogens (tertiary/aromatic N) is 3. The van der Waals surface area contributed by atoms with Crippen molar-refractivity contribution in [2.45, 2.75) is 13.1 Å². The molecule has 0 fully saturated rings. The second-order valence-electron chi connectivity index (χ2n) is 4.92. The van der Waals surface area contributed by atoms with Gasteiger partial charge in [0.15, 0.2) is 0 Å². The Morgan fingerprint density at radius 1 is 1.20 bits per heavy atom. The number of rotatable bonds is 5. The highest BCUT2D eigenvalue weighted by Gasteiger charge is 2.02. The van der Waals surface area contributed by atoms with Gasteiger partial charge in [-0.1, -0.05) is 24.3 Å². The van der Waals surface area contributed by atoms with E-state index in [4.69, 9.17) is 5.26 Å². The number of benzene rings is 1. The zero-order valence-electron chi connectivity index (χ0n) is 11.8. The van der Waals surface area contributed by atoms with E-state index in [1.54, 1.807) is 18.3 Å². The molecule has 1 aromatic carbocycles. The van der Waals surface area contributed by atoms with E-state index in [9.17, 15) is 0 Å². The SMILES string of the molecule is CN(C)Cc1cccc(CNc2ncccc2C#N)c1. The van der Waals surface area contributed by atoms with Crippen LogP contribution in [-0.4, -0.2) is 24.0 Å². The molecule has 0 radical (unpaired) electrons. The fourth-order valence-corrected chi connectivity index (χ4v) is 2.03. The molecule has 1 heterocycles. The van der Waals surface area contributed by atoms with Crippen molar-refractivity contribution < 1.29 is 0 Å². The van der Waals surface area contributed by atoms with Crippen LogP contribution in [0.3, 0.4) is 0 Å². The van der Waals surface area contributed by atoms with Crippen molar-refractivity contribution >= 4 is 5.82 Å². The van der Waals surface area contributed by atoms with Crippen LogP contribution in [-0.2, 0) is 13.1 Å². The normalized spacial score (nSPS) is 10.3. The maximum atomic E-state index is 9.02. The molecule has 4 heteroatoms. The fourth-order valence-electron chi connectivity index (χ4n) is 2.03. The predicted molar refractivity (Wildman–Crippen MR) is 80.1 cm³/mol. The van der Waals surface area contributed by atoms with E-state index in [1.165, 1.54) is 11.1 Å². The highest BCUT2D eigenvalue weighted by molar-refractivity contribution is 5.51. The lowest BCUT2D eigenvalue weighted by molar-refractivity contribution is 0.402. The van der Waals surface area contributed by atoms with Crippen LogP contribution < -0.4 is 5.32 Å². The Morgan fingerprint density at radius 2 is 2.00 bits per heavy atom. The zero-order chi connectivity index (χ0) is 14.4. The monoisotopic (exact) mass is 266 g/mol. The Morgan fingerprint density at radius 3 is 2.75 bits per heavy atom.